The Bertz CT molecular complexity index is 894. The zero-order valence-corrected chi connectivity index (χ0v) is 18.7. The van der Waals surface area contributed by atoms with Crippen LogP contribution in [0.25, 0.3) is 6.08 Å². The first-order valence-electron chi connectivity index (χ1n) is 10.3. The minimum atomic E-state index is -0.349. The quantitative estimate of drug-likeness (QED) is 0.225. The number of amides is 1. The second-order valence-electron chi connectivity index (χ2n) is 7.18. The molecule has 3 rings (SSSR count). The number of hydrogen-bond acceptors (Lipinski definition) is 4. The maximum atomic E-state index is 13.2. The molecular weight excluding hydrogens is 417 g/mol. The monoisotopic (exact) mass is 443 g/mol. The number of halogens is 1. The number of rotatable bonds is 10. The minimum Gasteiger partial charge on any atom is -0.494 e. The van der Waals surface area contributed by atoms with Crippen molar-refractivity contribution < 1.29 is 13.9 Å². The van der Waals surface area contributed by atoms with E-state index in [2.05, 4.69) is 6.92 Å². The highest BCUT2D eigenvalue weighted by atomic mass is 32.2. The Labute approximate surface area is 187 Å². The van der Waals surface area contributed by atoms with Gasteiger partial charge in [0.1, 0.15) is 11.6 Å². The van der Waals surface area contributed by atoms with Crippen molar-refractivity contribution in [3.8, 4) is 5.75 Å². The summed E-state index contributed by atoms with van der Waals surface area (Å²) in [5.41, 5.74) is 1.47. The fourth-order valence-corrected chi connectivity index (χ4v) is 4.46. The summed E-state index contributed by atoms with van der Waals surface area (Å²) >= 11 is 6.60. The molecule has 1 fully saturated rings. The molecule has 0 aromatic heterocycles. The summed E-state index contributed by atoms with van der Waals surface area (Å²) < 4.78 is 19.4. The highest BCUT2D eigenvalue weighted by Gasteiger charge is 2.33. The first kappa shape index (κ1) is 22.5. The molecule has 0 bridgehead atoms. The standard InChI is InChI=1S/C24H26FNO2S2/c1-2-3-4-5-6-7-16-28-21-14-8-18(9-15-21)17-22-23(27)26(24(29)30-22)20-12-10-19(25)11-13-20/h8-15,17H,2-7,16H2,1H3. The molecule has 0 N–H and O–H groups in total. The Hall–Kier alpha value is -2.18. The molecule has 1 aliphatic rings. The summed E-state index contributed by atoms with van der Waals surface area (Å²) in [5, 5.41) is 0. The van der Waals surface area contributed by atoms with Crippen molar-refractivity contribution in [2.24, 2.45) is 0 Å². The molecule has 1 heterocycles. The van der Waals surface area contributed by atoms with E-state index in [1.807, 2.05) is 30.3 Å². The number of hydrogen-bond donors (Lipinski definition) is 0. The van der Waals surface area contributed by atoms with Gasteiger partial charge < -0.3 is 4.74 Å². The van der Waals surface area contributed by atoms with Gasteiger partial charge in [0, 0.05) is 0 Å². The van der Waals surface area contributed by atoms with E-state index in [4.69, 9.17) is 17.0 Å². The van der Waals surface area contributed by atoms with Crippen molar-refractivity contribution in [2.45, 2.75) is 45.4 Å². The van der Waals surface area contributed by atoms with Crippen molar-refractivity contribution >= 4 is 46.0 Å². The molecule has 158 valence electrons. The van der Waals surface area contributed by atoms with Crippen LogP contribution in [0.1, 0.15) is 51.0 Å². The third-order valence-corrected chi connectivity index (χ3v) is 6.13. The third kappa shape index (κ3) is 6.16. The summed E-state index contributed by atoms with van der Waals surface area (Å²) in [6, 6.07) is 13.5. The van der Waals surface area contributed by atoms with Gasteiger partial charge in [0.2, 0.25) is 0 Å². The van der Waals surface area contributed by atoms with E-state index in [0.717, 1.165) is 24.3 Å². The molecule has 0 radical (unpaired) electrons. The van der Waals surface area contributed by atoms with E-state index in [-0.39, 0.29) is 11.7 Å². The van der Waals surface area contributed by atoms with Gasteiger partial charge in [-0.05, 0) is 54.5 Å². The van der Waals surface area contributed by atoms with Crippen LogP contribution in [0.4, 0.5) is 10.1 Å². The van der Waals surface area contributed by atoms with Crippen molar-refractivity contribution in [1.82, 2.24) is 0 Å². The molecule has 1 amide bonds. The molecule has 30 heavy (non-hydrogen) atoms. The molecule has 3 nitrogen and oxygen atoms in total. The Morgan fingerprint density at radius 3 is 2.37 bits per heavy atom. The number of nitrogens with zero attached hydrogens (tertiary/aromatic N) is 1. The summed E-state index contributed by atoms with van der Waals surface area (Å²) in [6.07, 6.45) is 9.24. The maximum absolute atomic E-state index is 13.2. The molecule has 2 aromatic carbocycles. The average molecular weight is 444 g/mol. The second-order valence-corrected chi connectivity index (χ2v) is 8.85. The number of carbonyl (C=O) groups excluding carboxylic acids is 1. The van der Waals surface area contributed by atoms with Crippen LogP contribution in [0, 0.1) is 5.82 Å². The van der Waals surface area contributed by atoms with Crippen molar-refractivity contribution in [3.05, 3.63) is 64.8 Å². The first-order valence-corrected chi connectivity index (χ1v) is 11.6. The van der Waals surface area contributed by atoms with Gasteiger partial charge in [-0.15, -0.1) is 0 Å². The molecule has 0 saturated carbocycles. The van der Waals surface area contributed by atoms with Gasteiger partial charge in [0.25, 0.3) is 5.91 Å². The van der Waals surface area contributed by atoms with Gasteiger partial charge in [-0.25, -0.2) is 4.39 Å². The number of thioether (sulfide) groups is 1. The molecule has 0 unspecified atom stereocenters. The number of carbonyl (C=O) groups is 1. The van der Waals surface area contributed by atoms with Gasteiger partial charge >= 0.3 is 0 Å². The van der Waals surface area contributed by atoms with Crippen LogP contribution in [0.15, 0.2) is 53.4 Å². The van der Waals surface area contributed by atoms with Crippen LogP contribution >= 0.6 is 24.0 Å². The fraction of sp³-hybridized carbons (Fsp3) is 0.333. The van der Waals surface area contributed by atoms with E-state index >= 15 is 0 Å². The van der Waals surface area contributed by atoms with Gasteiger partial charge in [0.15, 0.2) is 4.32 Å². The summed E-state index contributed by atoms with van der Waals surface area (Å²) in [4.78, 5) is 14.8. The molecule has 1 saturated heterocycles. The lowest BCUT2D eigenvalue weighted by Gasteiger charge is -2.14. The van der Waals surface area contributed by atoms with E-state index in [0.29, 0.717) is 14.9 Å². The van der Waals surface area contributed by atoms with E-state index < -0.39 is 0 Å². The summed E-state index contributed by atoms with van der Waals surface area (Å²) in [5.74, 6) is 0.290. The zero-order valence-electron chi connectivity index (χ0n) is 17.1. The van der Waals surface area contributed by atoms with E-state index in [1.54, 1.807) is 12.1 Å². The Morgan fingerprint density at radius 1 is 1.00 bits per heavy atom. The molecule has 0 spiro atoms. The summed E-state index contributed by atoms with van der Waals surface area (Å²) in [7, 11) is 0. The minimum absolute atomic E-state index is 0.194. The third-order valence-electron chi connectivity index (χ3n) is 4.82. The molecule has 1 aliphatic heterocycles. The second kappa shape index (κ2) is 11.3. The number of benzene rings is 2. The Balaban J connectivity index is 1.54. The number of ether oxygens (including phenoxy) is 1. The average Bonchev–Trinajstić information content (AvgIpc) is 3.02. The fourth-order valence-electron chi connectivity index (χ4n) is 3.16. The largest absolute Gasteiger partial charge is 0.494 e. The molecular formula is C24H26FNO2S2. The van der Waals surface area contributed by atoms with Gasteiger partial charge in [0.05, 0.1) is 17.2 Å². The molecule has 0 aliphatic carbocycles. The highest BCUT2D eigenvalue weighted by Crippen LogP contribution is 2.36. The van der Waals surface area contributed by atoms with Crippen molar-refractivity contribution in [2.75, 3.05) is 11.5 Å². The predicted octanol–water partition coefficient (Wildman–Crippen LogP) is 6.97. The zero-order chi connectivity index (χ0) is 21.3. The van der Waals surface area contributed by atoms with Crippen molar-refractivity contribution in [1.29, 1.82) is 0 Å². The SMILES string of the molecule is CCCCCCCCOc1ccc(C=C2SC(=S)N(c3ccc(F)cc3)C2=O)cc1. The van der Waals surface area contributed by atoms with Crippen LogP contribution in [0.5, 0.6) is 5.75 Å². The number of anilines is 1. The number of unbranched alkanes of at least 4 members (excludes halogenated alkanes) is 5. The van der Waals surface area contributed by atoms with Crippen molar-refractivity contribution in [3.63, 3.8) is 0 Å². The van der Waals surface area contributed by atoms with Crippen LogP contribution < -0.4 is 9.64 Å². The highest BCUT2D eigenvalue weighted by molar-refractivity contribution is 8.27. The summed E-state index contributed by atoms with van der Waals surface area (Å²) in [6.45, 7) is 2.95. The Morgan fingerprint density at radius 2 is 1.67 bits per heavy atom. The normalized spacial score (nSPS) is 15.3. The first-order chi connectivity index (χ1) is 14.6. The van der Waals surface area contributed by atoms with E-state index in [1.165, 1.54) is 60.9 Å². The molecule has 0 atom stereocenters. The Kier molecular flexibility index (Phi) is 8.46. The molecule has 6 heteroatoms. The lowest BCUT2D eigenvalue weighted by molar-refractivity contribution is -0.113. The van der Waals surface area contributed by atoms with Crippen LogP contribution in [-0.2, 0) is 4.79 Å². The lowest BCUT2D eigenvalue weighted by atomic mass is 10.1. The van der Waals surface area contributed by atoms with Gasteiger partial charge in [-0.3, -0.25) is 9.69 Å². The molecule has 2 aromatic rings. The van der Waals surface area contributed by atoms with Gasteiger partial charge in [-0.1, -0.05) is 75.1 Å². The predicted molar refractivity (Wildman–Crippen MR) is 127 cm³/mol. The van der Waals surface area contributed by atoms with Crippen LogP contribution in [0.3, 0.4) is 0 Å². The smallest absolute Gasteiger partial charge is 0.270 e. The topological polar surface area (TPSA) is 29.5 Å². The van der Waals surface area contributed by atoms with Crippen LogP contribution in [-0.4, -0.2) is 16.8 Å². The lowest BCUT2D eigenvalue weighted by Crippen LogP contribution is -2.27. The van der Waals surface area contributed by atoms with Gasteiger partial charge in [-0.2, -0.15) is 0 Å². The number of thiocarbonyl (C=S) groups is 1. The van der Waals surface area contributed by atoms with Crippen LogP contribution in [0.2, 0.25) is 0 Å². The maximum Gasteiger partial charge on any atom is 0.270 e. The van der Waals surface area contributed by atoms with E-state index in [9.17, 15) is 9.18 Å².